The van der Waals surface area contributed by atoms with Crippen LogP contribution in [0.25, 0.3) is 10.2 Å². The number of methoxy groups -OCH3 is 2. The first kappa shape index (κ1) is 23.5. The van der Waals surface area contributed by atoms with Crippen molar-refractivity contribution in [3.63, 3.8) is 0 Å². The summed E-state index contributed by atoms with van der Waals surface area (Å²) < 4.78 is 41.4. The summed E-state index contributed by atoms with van der Waals surface area (Å²) in [5.41, 5.74) is 0.772. The second-order valence-corrected chi connectivity index (χ2v) is 9.69. The van der Waals surface area contributed by atoms with Crippen LogP contribution in [0.1, 0.15) is 17.3 Å². The number of benzene rings is 2. The van der Waals surface area contributed by atoms with Gasteiger partial charge in [0.15, 0.2) is 14.6 Å². The van der Waals surface area contributed by atoms with Gasteiger partial charge in [0.1, 0.15) is 18.0 Å². The molecular formula is C21H22N2O7S2. The Morgan fingerprint density at radius 2 is 1.84 bits per heavy atom. The molecule has 0 aliphatic rings. The van der Waals surface area contributed by atoms with Gasteiger partial charge < -0.3 is 18.8 Å². The van der Waals surface area contributed by atoms with E-state index in [1.54, 1.807) is 25.1 Å². The van der Waals surface area contributed by atoms with E-state index in [9.17, 15) is 18.0 Å². The molecule has 0 saturated carbocycles. The number of sulfone groups is 1. The number of carbonyl (C=O) groups excluding carboxylic acids is 2. The third-order valence-electron chi connectivity index (χ3n) is 4.51. The van der Waals surface area contributed by atoms with Crippen LogP contribution in [0.5, 0.6) is 11.5 Å². The number of hydrogen-bond acceptors (Lipinski definition) is 8. The number of rotatable bonds is 7. The number of amides is 1. The first-order valence-electron chi connectivity index (χ1n) is 9.48. The number of nitrogens with zero attached hydrogens (tertiary/aromatic N) is 2. The molecule has 0 N–H and O–H groups in total. The van der Waals surface area contributed by atoms with Crippen molar-refractivity contribution in [2.75, 3.05) is 27.1 Å². The average Bonchev–Trinajstić information content (AvgIpc) is 3.08. The topological polar surface area (TPSA) is 113 Å². The summed E-state index contributed by atoms with van der Waals surface area (Å²) in [5, 5.41) is 0. The van der Waals surface area contributed by atoms with Gasteiger partial charge >= 0.3 is 5.97 Å². The van der Waals surface area contributed by atoms with Crippen molar-refractivity contribution in [1.29, 1.82) is 0 Å². The van der Waals surface area contributed by atoms with Gasteiger partial charge in [-0.3, -0.25) is 9.59 Å². The Bertz CT molecular complexity index is 1350. The predicted octanol–water partition coefficient (Wildman–Crippen LogP) is 2.43. The Morgan fingerprint density at radius 1 is 1.09 bits per heavy atom. The Kier molecular flexibility index (Phi) is 6.99. The monoisotopic (exact) mass is 478 g/mol. The lowest BCUT2D eigenvalue weighted by molar-refractivity contribution is -0.143. The van der Waals surface area contributed by atoms with Crippen LogP contribution in [-0.2, 0) is 25.9 Å². The van der Waals surface area contributed by atoms with Crippen LogP contribution in [0.2, 0.25) is 0 Å². The maximum atomic E-state index is 13.0. The number of esters is 1. The van der Waals surface area contributed by atoms with Gasteiger partial charge in [-0.25, -0.2) is 8.42 Å². The Balaban J connectivity index is 2.18. The van der Waals surface area contributed by atoms with E-state index >= 15 is 0 Å². The Labute approximate surface area is 188 Å². The minimum atomic E-state index is -3.43. The van der Waals surface area contributed by atoms with Crippen LogP contribution in [0, 0.1) is 0 Å². The van der Waals surface area contributed by atoms with E-state index in [4.69, 9.17) is 14.2 Å². The van der Waals surface area contributed by atoms with Crippen LogP contribution < -0.4 is 14.3 Å². The summed E-state index contributed by atoms with van der Waals surface area (Å²) in [5.74, 6) is -0.284. The number of aromatic nitrogens is 1. The first-order valence-corrected chi connectivity index (χ1v) is 12.2. The number of ether oxygens (including phenoxy) is 3. The average molecular weight is 479 g/mol. The molecule has 0 spiro atoms. The van der Waals surface area contributed by atoms with E-state index in [-0.39, 0.29) is 34.2 Å². The molecule has 2 aromatic carbocycles. The molecule has 32 heavy (non-hydrogen) atoms. The van der Waals surface area contributed by atoms with Gasteiger partial charge in [0, 0.05) is 12.3 Å². The van der Waals surface area contributed by atoms with Gasteiger partial charge in [-0.15, -0.1) is 0 Å². The molecule has 0 bridgehead atoms. The summed E-state index contributed by atoms with van der Waals surface area (Å²) in [6.45, 7) is 1.71. The third kappa shape index (κ3) is 5.00. The van der Waals surface area contributed by atoms with Gasteiger partial charge in [-0.2, -0.15) is 4.99 Å². The summed E-state index contributed by atoms with van der Waals surface area (Å²) in [4.78, 5) is 29.7. The lowest BCUT2D eigenvalue weighted by Gasteiger charge is -2.08. The molecular weight excluding hydrogens is 456 g/mol. The van der Waals surface area contributed by atoms with Crippen LogP contribution in [0.15, 0.2) is 46.3 Å². The van der Waals surface area contributed by atoms with Crippen LogP contribution >= 0.6 is 11.3 Å². The lowest BCUT2D eigenvalue weighted by atomic mass is 10.2. The molecule has 11 heteroatoms. The van der Waals surface area contributed by atoms with Crippen molar-refractivity contribution in [1.82, 2.24) is 4.57 Å². The first-order chi connectivity index (χ1) is 15.2. The van der Waals surface area contributed by atoms with Crippen LogP contribution in [0.4, 0.5) is 0 Å². The lowest BCUT2D eigenvalue weighted by Crippen LogP contribution is -2.23. The molecule has 170 valence electrons. The van der Waals surface area contributed by atoms with E-state index in [0.717, 1.165) is 17.6 Å². The quantitative estimate of drug-likeness (QED) is 0.479. The van der Waals surface area contributed by atoms with E-state index in [1.165, 1.54) is 37.0 Å². The van der Waals surface area contributed by atoms with Crippen molar-refractivity contribution in [3.8, 4) is 11.5 Å². The molecule has 3 rings (SSSR count). The molecule has 3 aromatic rings. The van der Waals surface area contributed by atoms with Crippen molar-refractivity contribution in [2.24, 2.45) is 4.99 Å². The maximum absolute atomic E-state index is 13.0. The molecule has 0 radical (unpaired) electrons. The molecule has 0 atom stereocenters. The molecule has 1 heterocycles. The second-order valence-electron chi connectivity index (χ2n) is 6.66. The fourth-order valence-electron chi connectivity index (χ4n) is 2.98. The third-order valence-corrected chi connectivity index (χ3v) is 6.66. The van der Waals surface area contributed by atoms with Crippen molar-refractivity contribution in [2.45, 2.75) is 18.4 Å². The highest BCUT2D eigenvalue weighted by Gasteiger charge is 2.17. The number of hydrogen-bond donors (Lipinski definition) is 0. The van der Waals surface area contributed by atoms with Crippen LogP contribution in [-0.4, -0.2) is 51.9 Å². The smallest absolute Gasteiger partial charge is 0.326 e. The van der Waals surface area contributed by atoms with Gasteiger partial charge in [-0.05, 0) is 37.3 Å². The molecule has 0 aliphatic carbocycles. The zero-order chi connectivity index (χ0) is 23.5. The highest BCUT2D eigenvalue weighted by molar-refractivity contribution is 7.90. The fourth-order valence-corrected chi connectivity index (χ4v) is 4.77. The van der Waals surface area contributed by atoms with Gasteiger partial charge in [0.2, 0.25) is 0 Å². The van der Waals surface area contributed by atoms with Crippen molar-refractivity contribution in [3.05, 3.63) is 46.8 Å². The van der Waals surface area contributed by atoms with Crippen molar-refractivity contribution < 1.29 is 32.2 Å². The molecule has 1 amide bonds. The van der Waals surface area contributed by atoms with Crippen LogP contribution in [0.3, 0.4) is 0 Å². The summed E-state index contributed by atoms with van der Waals surface area (Å²) >= 11 is 1.10. The summed E-state index contributed by atoms with van der Waals surface area (Å²) in [6.07, 6.45) is 1.11. The fraction of sp³-hybridized carbons (Fsp3) is 0.286. The minimum Gasteiger partial charge on any atom is -0.497 e. The highest BCUT2D eigenvalue weighted by atomic mass is 32.2. The standard InChI is InChI=1S/C21H22N2O7S2/c1-5-30-19(24)12-23-16-9-7-14(32(4,26)27)11-18(16)31-21(23)22-20(25)15-8-6-13(28-2)10-17(15)29-3/h6-11H,5,12H2,1-4H3. The SMILES string of the molecule is CCOC(=O)Cn1c(=NC(=O)c2ccc(OC)cc2OC)sc2cc(S(C)(=O)=O)ccc21. The van der Waals surface area contributed by atoms with Gasteiger partial charge in [-0.1, -0.05) is 11.3 Å². The summed E-state index contributed by atoms with van der Waals surface area (Å²) in [7, 11) is -0.501. The largest absolute Gasteiger partial charge is 0.497 e. The maximum Gasteiger partial charge on any atom is 0.326 e. The Morgan fingerprint density at radius 3 is 2.47 bits per heavy atom. The van der Waals surface area contributed by atoms with Crippen molar-refractivity contribution >= 4 is 43.3 Å². The normalized spacial score (nSPS) is 12.1. The summed E-state index contributed by atoms with van der Waals surface area (Å²) in [6, 6.07) is 9.24. The van der Waals surface area contributed by atoms with E-state index in [1.807, 2.05) is 0 Å². The number of thiazole rings is 1. The molecule has 0 fully saturated rings. The molecule has 0 unspecified atom stereocenters. The number of carbonyl (C=O) groups is 2. The van der Waals surface area contributed by atoms with Gasteiger partial charge in [0.25, 0.3) is 5.91 Å². The number of fused-ring (bicyclic) bond motifs is 1. The molecule has 0 aliphatic heterocycles. The molecule has 9 nitrogen and oxygen atoms in total. The minimum absolute atomic E-state index is 0.129. The van der Waals surface area contributed by atoms with E-state index in [0.29, 0.717) is 16.0 Å². The zero-order valence-electron chi connectivity index (χ0n) is 17.9. The van der Waals surface area contributed by atoms with E-state index < -0.39 is 21.7 Å². The predicted molar refractivity (Wildman–Crippen MR) is 119 cm³/mol. The van der Waals surface area contributed by atoms with Gasteiger partial charge in [0.05, 0.1) is 41.5 Å². The second kappa shape index (κ2) is 9.53. The Hall–Kier alpha value is -3.18. The van der Waals surface area contributed by atoms with E-state index in [2.05, 4.69) is 4.99 Å². The zero-order valence-corrected chi connectivity index (χ0v) is 19.6. The molecule has 1 aromatic heterocycles. The highest BCUT2D eigenvalue weighted by Crippen LogP contribution is 2.26. The molecule has 0 saturated heterocycles.